The Hall–Kier alpha value is -1.57. The zero-order valence-electron chi connectivity index (χ0n) is 7.70. The summed E-state index contributed by atoms with van der Waals surface area (Å²) in [5.41, 5.74) is 3.50. The first-order valence-corrected chi connectivity index (χ1v) is 4.32. The molecule has 0 bridgehead atoms. The number of rotatable bonds is 2. The predicted octanol–water partition coefficient (Wildman–Crippen LogP) is 2.30. The van der Waals surface area contributed by atoms with E-state index < -0.39 is 0 Å². The zero-order valence-corrected chi connectivity index (χ0v) is 7.70. The molecular formula is C11H12N2. The van der Waals surface area contributed by atoms with E-state index in [0.717, 1.165) is 11.9 Å². The highest BCUT2D eigenvalue weighted by molar-refractivity contribution is 5.75. The van der Waals surface area contributed by atoms with Gasteiger partial charge in [-0.05, 0) is 24.1 Å². The van der Waals surface area contributed by atoms with Crippen LogP contribution in [-0.4, -0.2) is 9.55 Å². The molecule has 0 saturated carbocycles. The van der Waals surface area contributed by atoms with Crippen molar-refractivity contribution in [3.8, 4) is 0 Å². The molecule has 1 aromatic carbocycles. The van der Waals surface area contributed by atoms with Gasteiger partial charge in [-0.3, -0.25) is 0 Å². The molecule has 0 fully saturated rings. The zero-order chi connectivity index (χ0) is 9.26. The fraction of sp³-hybridized carbons (Fsp3) is 0.182. The molecule has 0 radical (unpaired) electrons. The van der Waals surface area contributed by atoms with E-state index in [9.17, 15) is 0 Å². The standard InChI is InChI=1S/C11H12N2/c1-3-4-9-5-6-11-10(7-9)12-8-13(11)2/h3,5-8H,1,4H2,2H3. The third-order valence-electron chi connectivity index (χ3n) is 2.17. The Bertz CT molecular complexity index is 440. The lowest BCUT2D eigenvalue weighted by Gasteiger charge is -1.97. The van der Waals surface area contributed by atoms with Crippen molar-refractivity contribution in [2.75, 3.05) is 0 Å². The summed E-state index contributed by atoms with van der Waals surface area (Å²) in [5.74, 6) is 0. The van der Waals surface area contributed by atoms with E-state index in [2.05, 4.69) is 29.8 Å². The van der Waals surface area contributed by atoms with E-state index in [1.807, 2.05) is 24.0 Å². The molecule has 2 aromatic rings. The lowest BCUT2D eigenvalue weighted by molar-refractivity contribution is 0.947. The van der Waals surface area contributed by atoms with E-state index in [-0.39, 0.29) is 0 Å². The van der Waals surface area contributed by atoms with Crippen LogP contribution in [0.2, 0.25) is 0 Å². The van der Waals surface area contributed by atoms with Crippen LogP contribution in [0.15, 0.2) is 37.2 Å². The number of fused-ring (bicyclic) bond motifs is 1. The monoisotopic (exact) mass is 172 g/mol. The Labute approximate surface area is 77.5 Å². The fourth-order valence-corrected chi connectivity index (χ4v) is 1.48. The highest BCUT2D eigenvalue weighted by atomic mass is 15.0. The van der Waals surface area contributed by atoms with Gasteiger partial charge < -0.3 is 4.57 Å². The summed E-state index contributed by atoms with van der Waals surface area (Å²) in [6.07, 6.45) is 4.65. The van der Waals surface area contributed by atoms with Crippen LogP contribution < -0.4 is 0 Å². The van der Waals surface area contributed by atoms with Crippen LogP contribution in [0.25, 0.3) is 11.0 Å². The molecular weight excluding hydrogens is 160 g/mol. The largest absolute Gasteiger partial charge is 0.334 e. The third-order valence-corrected chi connectivity index (χ3v) is 2.17. The van der Waals surface area contributed by atoms with Crippen LogP contribution in [0.1, 0.15) is 5.56 Å². The van der Waals surface area contributed by atoms with Crippen LogP contribution in [0.5, 0.6) is 0 Å². The average molecular weight is 172 g/mol. The van der Waals surface area contributed by atoms with Gasteiger partial charge in [-0.1, -0.05) is 12.1 Å². The molecule has 13 heavy (non-hydrogen) atoms. The van der Waals surface area contributed by atoms with Crippen molar-refractivity contribution < 1.29 is 0 Å². The quantitative estimate of drug-likeness (QED) is 0.635. The lowest BCUT2D eigenvalue weighted by Crippen LogP contribution is -1.84. The minimum atomic E-state index is 0.909. The molecule has 0 aliphatic carbocycles. The summed E-state index contributed by atoms with van der Waals surface area (Å²) in [7, 11) is 2.00. The third kappa shape index (κ3) is 1.35. The van der Waals surface area contributed by atoms with Gasteiger partial charge in [0.15, 0.2) is 0 Å². The van der Waals surface area contributed by atoms with Crippen molar-refractivity contribution in [1.82, 2.24) is 9.55 Å². The maximum absolute atomic E-state index is 4.29. The Balaban J connectivity index is 2.56. The van der Waals surface area contributed by atoms with E-state index in [0.29, 0.717) is 0 Å². The minimum Gasteiger partial charge on any atom is -0.334 e. The highest BCUT2D eigenvalue weighted by Gasteiger charge is 1.99. The fourth-order valence-electron chi connectivity index (χ4n) is 1.48. The molecule has 1 aromatic heterocycles. The van der Waals surface area contributed by atoms with E-state index in [1.54, 1.807) is 0 Å². The van der Waals surface area contributed by atoms with Gasteiger partial charge in [0.2, 0.25) is 0 Å². The summed E-state index contributed by atoms with van der Waals surface area (Å²) in [5, 5.41) is 0. The SMILES string of the molecule is C=CCc1ccc2c(c1)ncn2C. The number of nitrogens with zero attached hydrogens (tertiary/aromatic N) is 2. The maximum atomic E-state index is 4.29. The number of allylic oxidation sites excluding steroid dienone is 1. The number of hydrogen-bond donors (Lipinski definition) is 0. The van der Waals surface area contributed by atoms with Crippen molar-refractivity contribution >= 4 is 11.0 Å². The first-order valence-electron chi connectivity index (χ1n) is 4.32. The predicted molar refractivity (Wildman–Crippen MR) is 54.6 cm³/mol. The van der Waals surface area contributed by atoms with Crippen LogP contribution in [0.3, 0.4) is 0 Å². The van der Waals surface area contributed by atoms with Crippen molar-refractivity contribution in [2.45, 2.75) is 6.42 Å². The van der Waals surface area contributed by atoms with Crippen molar-refractivity contribution in [3.63, 3.8) is 0 Å². The Kier molecular flexibility index (Phi) is 1.89. The van der Waals surface area contributed by atoms with Crippen LogP contribution in [0, 0.1) is 0 Å². The summed E-state index contributed by atoms with van der Waals surface area (Å²) in [4.78, 5) is 4.29. The van der Waals surface area contributed by atoms with Crippen molar-refractivity contribution in [2.24, 2.45) is 7.05 Å². The molecule has 0 N–H and O–H groups in total. The van der Waals surface area contributed by atoms with Gasteiger partial charge in [0.05, 0.1) is 17.4 Å². The number of aryl methyl sites for hydroxylation is 1. The molecule has 0 spiro atoms. The molecule has 1 heterocycles. The molecule has 66 valence electrons. The van der Waals surface area contributed by atoms with E-state index in [1.165, 1.54) is 11.1 Å². The van der Waals surface area contributed by atoms with Gasteiger partial charge >= 0.3 is 0 Å². The molecule has 0 atom stereocenters. The Morgan fingerprint density at radius 2 is 2.38 bits per heavy atom. The van der Waals surface area contributed by atoms with E-state index in [4.69, 9.17) is 0 Å². The summed E-state index contributed by atoms with van der Waals surface area (Å²) in [6, 6.07) is 6.32. The number of benzene rings is 1. The topological polar surface area (TPSA) is 17.8 Å². The Morgan fingerprint density at radius 3 is 3.15 bits per heavy atom. The van der Waals surface area contributed by atoms with E-state index >= 15 is 0 Å². The Morgan fingerprint density at radius 1 is 1.54 bits per heavy atom. The molecule has 0 aliphatic rings. The molecule has 0 saturated heterocycles. The average Bonchev–Trinajstić information content (AvgIpc) is 2.48. The lowest BCUT2D eigenvalue weighted by atomic mass is 10.1. The van der Waals surface area contributed by atoms with Gasteiger partial charge in [-0.25, -0.2) is 4.98 Å². The molecule has 2 heteroatoms. The minimum absolute atomic E-state index is 0.909. The second kappa shape index (κ2) is 3.05. The summed E-state index contributed by atoms with van der Waals surface area (Å²) in [6.45, 7) is 3.72. The van der Waals surface area contributed by atoms with Crippen molar-refractivity contribution in [3.05, 3.63) is 42.7 Å². The van der Waals surface area contributed by atoms with Crippen LogP contribution >= 0.6 is 0 Å². The number of hydrogen-bond acceptors (Lipinski definition) is 1. The summed E-state index contributed by atoms with van der Waals surface area (Å²) < 4.78 is 2.02. The van der Waals surface area contributed by atoms with Gasteiger partial charge in [0.25, 0.3) is 0 Å². The smallest absolute Gasteiger partial charge is 0.0955 e. The first kappa shape index (κ1) is 8.05. The van der Waals surface area contributed by atoms with Gasteiger partial charge in [-0.15, -0.1) is 6.58 Å². The molecule has 2 rings (SSSR count). The molecule has 0 unspecified atom stereocenters. The first-order chi connectivity index (χ1) is 6.31. The molecule has 0 aliphatic heterocycles. The van der Waals surface area contributed by atoms with Crippen LogP contribution in [-0.2, 0) is 13.5 Å². The molecule has 2 nitrogen and oxygen atoms in total. The summed E-state index contributed by atoms with van der Waals surface area (Å²) >= 11 is 0. The number of aromatic nitrogens is 2. The normalized spacial score (nSPS) is 10.5. The van der Waals surface area contributed by atoms with Gasteiger partial charge in [-0.2, -0.15) is 0 Å². The van der Waals surface area contributed by atoms with Gasteiger partial charge in [0.1, 0.15) is 0 Å². The highest BCUT2D eigenvalue weighted by Crippen LogP contribution is 2.14. The van der Waals surface area contributed by atoms with Gasteiger partial charge in [0, 0.05) is 7.05 Å². The van der Waals surface area contributed by atoms with Crippen molar-refractivity contribution in [1.29, 1.82) is 0 Å². The number of imidazole rings is 1. The van der Waals surface area contributed by atoms with Crippen LogP contribution in [0.4, 0.5) is 0 Å². The second-order valence-electron chi connectivity index (χ2n) is 3.17. The maximum Gasteiger partial charge on any atom is 0.0955 e. The second-order valence-corrected chi connectivity index (χ2v) is 3.17. The molecule has 0 amide bonds.